The van der Waals surface area contributed by atoms with E-state index in [-0.39, 0.29) is 23.0 Å². The van der Waals surface area contributed by atoms with Crippen molar-refractivity contribution in [2.24, 2.45) is 11.8 Å². The van der Waals surface area contributed by atoms with Gasteiger partial charge >= 0.3 is 0 Å². The lowest BCUT2D eigenvalue weighted by Gasteiger charge is -2.42. The maximum absolute atomic E-state index is 13.5. The number of ether oxygens (including phenoxy) is 2. The van der Waals surface area contributed by atoms with Crippen molar-refractivity contribution in [3.05, 3.63) is 12.2 Å². The molecule has 0 unspecified atom stereocenters. The molecule has 2 aliphatic rings. The first-order chi connectivity index (χ1) is 15.5. The molecule has 5 atom stereocenters. The molecular formula is C26H48N2O5Si. The second-order valence-electron chi connectivity index (χ2n) is 12.2. The third-order valence-electron chi connectivity index (χ3n) is 7.17. The van der Waals surface area contributed by atoms with E-state index in [2.05, 4.69) is 64.4 Å². The normalized spacial score (nSPS) is 28.0. The van der Waals surface area contributed by atoms with Gasteiger partial charge < -0.3 is 24.5 Å². The number of nitrogens with one attached hydrogen (secondary N) is 2. The fraction of sp³-hybridized carbons (Fsp3) is 0.846. The average Bonchev–Trinajstić information content (AvgIpc) is 2.87. The third-order valence-corrected chi connectivity index (χ3v) is 11.6. The van der Waals surface area contributed by atoms with Gasteiger partial charge in [0.2, 0.25) is 11.8 Å². The molecule has 0 aromatic heterocycles. The SMILES string of the molecule is CC(C)/C=C/[C@H]1OC(C)(C)O[C@@H]1[C@@H](O[Si](C)(C)C(C)(C)C)[C@@H](C)C(=O)N[C@H]1CCCCNC1=O. The minimum absolute atomic E-state index is 0.0408. The van der Waals surface area contributed by atoms with Crippen LogP contribution in [0.4, 0.5) is 0 Å². The minimum Gasteiger partial charge on any atom is -0.410 e. The summed E-state index contributed by atoms with van der Waals surface area (Å²) < 4.78 is 19.5. The summed E-state index contributed by atoms with van der Waals surface area (Å²) in [4.78, 5) is 25.9. The van der Waals surface area contributed by atoms with Crippen LogP contribution in [-0.2, 0) is 23.5 Å². The van der Waals surface area contributed by atoms with Gasteiger partial charge in [0.1, 0.15) is 18.2 Å². The maximum atomic E-state index is 13.5. The molecule has 0 radical (unpaired) electrons. The number of carbonyl (C=O) groups excluding carboxylic acids is 2. The molecule has 0 saturated carbocycles. The van der Waals surface area contributed by atoms with E-state index >= 15 is 0 Å². The Hall–Kier alpha value is -1.22. The van der Waals surface area contributed by atoms with Crippen molar-refractivity contribution in [2.75, 3.05) is 6.54 Å². The topological polar surface area (TPSA) is 85.9 Å². The van der Waals surface area contributed by atoms with Gasteiger partial charge in [-0.3, -0.25) is 9.59 Å². The van der Waals surface area contributed by atoms with Crippen LogP contribution < -0.4 is 10.6 Å². The van der Waals surface area contributed by atoms with E-state index < -0.39 is 38.3 Å². The molecule has 0 bridgehead atoms. The lowest BCUT2D eigenvalue weighted by molar-refractivity contribution is -0.158. The highest BCUT2D eigenvalue weighted by Crippen LogP contribution is 2.41. The Morgan fingerprint density at radius 3 is 2.44 bits per heavy atom. The van der Waals surface area contributed by atoms with Crippen molar-refractivity contribution in [3.8, 4) is 0 Å². The lowest BCUT2D eigenvalue weighted by atomic mass is 9.94. The average molecular weight is 497 g/mol. The summed E-state index contributed by atoms with van der Waals surface area (Å²) in [5, 5.41) is 5.85. The minimum atomic E-state index is -2.26. The molecule has 34 heavy (non-hydrogen) atoms. The summed E-state index contributed by atoms with van der Waals surface area (Å²) in [6.45, 7) is 21.5. The first-order valence-electron chi connectivity index (χ1n) is 12.8. The van der Waals surface area contributed by atoms with Crippen molar-refractivity contribution in [1.29, 1.82) is 0 Å². The van der Waals surface area contributed by atoms with Crippen molar-refractivity contribution in [1.82, 2.24) is 10.6 Å². The molecular weight excluding hydrogens is 448 g/mol. The van der Waals surface area contributed by atoms with Gasteiger partial charge in [0, 0.05) is 6.54 Å². The van der Waals surface area contributed by atoms with Crippen LogP contribution in [-0.4, -0.2) is 56.8 Å². The van der Waals surface area contributed by atoms with Crippen molar-refractivity contribution in [2.45, 2.75) is 123 Å². The number of amides is 2. The zero-order valence-corrected chi connectivity index (χ0v) is 24.0. The first-order valence-corrected chi connectivity index (χ1v) is 15.7. The summed E-state index contributed by atoms with van der Waals surface area (Å²) in [6.07, 6.45) is 5.33. The van der Waals surface area contributed by atoms with E-state index in [4.69, 9.17) is 13.9 Å². The van der Waals surface area contributed by atoms with E-state index in [0.29, 0.717) is 18.9 Å². The number of hydrogen-bond donors (Lipinski definition) is 2. The Labute approximate surface area is 207 Å². The van der Waals surface area contributed by atoms with Crippen LogP contribution in [0, 0.1) is 11.8 Å². The van der Waals surface area contributed by atoms with Gasteiger partial charge in [0.15, 0.2) is 14.1 Å². The van der Waals surface area contributed by atoms with Crippen LogP contribution in [0.5, 0.6) is 0 Å². The quantitative estimate of drug-likeness (QED) is 0.381. The summed E-state index contributed by atoms with van der Waals surface area (Å²) >= 11 is 0. The van der Waals surface area contributed by atoms with Crippen LogP contribution in [0.25, 0.3) is 0 Å². The Balaban J connectivity index is 2.35. The maximum Gasteiger partial charge on any atom is 0.242 e. The molecule has 2 aliphatic heterocycles. The molecule has 196 valence electrons. The van der Waals surface area contributed by atoms with Crippen molar-refractivity contribution < 1.29 is 23.5 Å². The van der Waals surface area contributed by atoms with Crippen LogP contribution in [0.15, 0.2) is 12.2 Å². The monoisotopic (exact) mass is 496 g/mol. The van der Waals surface area contributed by atoms with Crippen molar-refractivity contribution in [3.63, 3.8) is 0 Å². The van der Waals surface area contributed by atoms with Gasteiger partial charge in [-0.2, -0.15) is 0 Å². The summed E-state index contributed by atoms with van der Waals surface area (Å²) in [6, 6.07) is -0.514. The molecule has 0 aromatic rings. The number of hydrogen-bond acceptors (Lipinski definition) is 5. The van der Waals surface area contributed by atoms with Crippen LogP contribution in [0.2, 0.25) is 18.1 Å². The standard InChI is InChI=1S/C26H48N2O5Si/c1-17(2)14-15-20-22(32-26(7,8)31-20)21(33-34(9,10)25(4,5)6)18(3)23(29)28-19-13-11-12-16-27-24(19)30/h14-15,17-22H,11-13,16H2,1-10H3,(H,27,30)(H,28,29)/b15-14+/t18-,19+,20-,21+,22+/m1/s1. The summed E-state index contributed by atoms with van der Waals surface area (Å²) in [5.74, 6) is -1.25. The molecule has 2 N–H and O–H groups in total. The molecule has 2 heterocycles. The van der Waals surface area contributed by atoms with E-state index in [0.717, 1.165) is 12.8 Å². The zero-order valence-electron chi connectivity index (χ0n) is 23.0. The van der Waals surface area contributed by atoms with Crippen LogP contribution in [0.1, 0.15) is 74.7 Å². The highest BCUT2D eigenvalue weighted by Gasteiger charge is 2.51. The van der Waals surface area contributed by atoms with Crippen LogP contribution >= 0.6 is 0 Å². The smallest absolute Gasteiger partial charge is 0.242 e. The Kier molecular flexibility index (Phi) is 9.58. The molecule has 0 aromatic carbocycles. The Bertz CT molecular complexity index is 744. The molecule has 7 nitrogen and oxygen atoms in total. The Morgan fingerprint density at radius 1 is 1.21 bits per heavy atom. The lowest BCUT2D eigenvalue weighted by Crippen LogP contribution is -2.55. The highest BCUT2D eigenvalue weighted by molar-refractivity contribution is 6.74. The van der Waals surface area contributed by atoms with Gasteiger partial charge in [0.05, 0.1) is 12.0 Å². The van der Waals surface area contributed by atoms with E-state index in [1.807, 2.05) is 26.8 Å². The van der Waals surface area contributed by atoms with E-state index in [1.54, 1.807) is 0 Å². The predicted molar refractivity (Wildman–Crippen MR) is 138 cm³/mol. The van der Waals surface area contributed by atoms with Gasteiger partial charge in [0.25, 0.3) is 0 Å². The Morgan fingerprint density at radius 2 is 1.85 bits per heavy atom. The third kappa shape index (κ3) is 7.64. The molecule has 2 rings (SSSR count). The highest BCUT2D eigenvalue weighted by atomic mass is 28.4. The fourth-order valence-corrected chi connectivity index (χ4v) is 5.42. The summed E-state index contributed by atoms with van der Waals surface area (Å²) in [5.41, 5.74) is 0. The van der Waals surface area contributed by atoms with Gasteiger partial charge in [-0.1, -0.05) is 53.7 Å². The number of carbonyl (C=O) groups is 2. The second-order valence-corrected chi connectivity index (χ2v) is 16.9. The molecule has 0 spiro atoms. The van der Waals surface area contributed by atoms with Crippen LogP contribution in [0.3, 0.4) is 0 Å². The number of allylic oxidation sites excluding steroid dienone is 1. The fourth-order valence-electron chi connectivity index (χ4n) is 4.05. The van der Waals surface area contributed by atoms with E-state index in [9.17, 15) is 9.59 Å². The summed E-state index contributed by atoms with van der Waals surface area (Å²) in [7, 11) is -2.26. The second kappa shape index (κ2) is 11.2. The van der Waals surface area contributed by atoms with Gasteiger partial charge in [-0.05, 0) is 57.2 Å². The first kappa shape index (κ1) is 29.0. The van der Waals surface area contributed by atoms with E-state index in [1.165, 1.54) is 0 Å². The predicted octanol–water partition coefficient (Wildman–Crippen LogP) is 4.53. The molecule has 8 heteroatoms. The molecule has 2 fully saturated rings. The molecule has 0 aliphatic carbocycles. The molecule has 2 amide bonds. The van der Waals surface area contributed by atoms with Gasteiger partial charge in [-0.15, -0.1) is 0 Å². The van der Waals surface area contributed by atoms with Gasteiger partial charge in [-0.25, -0.2) is 0 Å². The largest absolute Gasteiger partial charge is 0.410 e. The number of rotatable bonds is 8. The molecule has 2 saturated heterocycles. The zero-order chi connectivity index (χ0) is 25.9. The van der Waals surface area contributed by atoms with Crippen molar-refractivity contribution >= 4 is 20.1 Å².